The average molecular weight is 266 g/mol. The summed E-state index contributed by atoms with van der Waals surface area (Å²) in [5.41, 5.74) is 9.01. The molecule has 0 aliphatic heterocycles. The summed E-state index contributed by atoms with van der Waals surface area (Å²) in [5.74, 6) is 0.683. The molecule has 102 valence electrons. The number of carbonyl (C=O) groups is 1. The van der Waals surface area contributed by atoms with Crippen LogP contribution in [0.4, 0.5) is 0 Å². The molecule has 20 heavy (non-hydrogen) atoms. The van der Waals surface area contributed by atoms with Gasteiger partial charge in [0.25, 0.3) is 0 Å². The van der Waals surface area contributed by atoms with Crippen LogP contribution in [-0.2, 0) is 6.54 Å². The summed E-state index contributed by atoms with van der Waals surface area (Å²) in [7, 11) is 0. The van der Waals surface area contributed by atoms with Crippen molar-refractivity contribution in [2.45, 2.75) is 31.7 Å². The lowest BCUT2D eigenvalue weighted by molar-refractivity contribution is 0.103. The number of nitrogens with zero attached hydrogens (tertiary/aromatic N) is 1. The van der Waals surface area contributed by atoms with Gasteiger partial charge in [-0.3, -0.25) is 9.78 Å². The van der Waals surface area contributed by atoms with Crippen LogP contribution in [0.2, 0.25) is 0 Å². The first kappa shape index (κ1) is 13.0. The van der Waals surface area contributed by atoms with Crippen molar-refractivity contribution in [3.8, 4) is 0 Å². The second-order valence-electron chi connectivity index (χ2n) is 5.32. The maximum Gasteiger partial charge on any atom is 0.193 e. The second-order valence-corrected chi connectivity index (χ2v) is 5.32. The van der Waals surface area contributed by atoms with E-state index < -0.39 is 0 Å². The molecular formula is C17H18N2O. The molecular weight excluding hydrogens is 248 g/mol. The van der Waals surface area contributed by atoms with Crippen molar-refractivity contribution in [1.29, 1.82) is 0 Å². The lowest BCUT2D eigenvalue weighted by Gasteiger charge is -2.26. The third kappa shape index (κ3) is 2.49. The molecule has 0 amide bonds. The Bertz CT molecular complexity index is 632. The van der Waals surface area contributed by atoms with E-state index in [-0.39, 0.29) is 5.78 Å². The Morgan fingerprint density at radius 2 is 2.00 bits per heavy atom. The molecule has 1 fully saturated rings. The number of hydrogen-bond acceptors (Lipinski definition) is 3. The van der Waals surface area contributed by atoms with Gasteiger partial charge in [0.15, 0.2) is 5.78 Å². The topological polar surface area (TPSA) is 56.0 Å². The highest BCUT2D eigenvalue weighted by atomic mass is 16.1. The van der Waals surface area contributed by atoms with Crippen molar-refractivity contribution in [2.24, 2.45) is 5.73 Å². The van der Waals surface area contributed by atoms with Crippen molar-refractivity contribution >= 4 is 5.78 Å². The monoisotopic (exact) mass is 266 g/mol. The van der Waals surface area contributed by atoms with E-state index in [2.05, 4.69) is 11.1 Å². The van der Waals surface area contributed by atoms with Crippen molar-refractivity contribution < 1.29 is 4.79 Å². The number of benzene rings is 1. The fourth-order valence-corrected chi connectivity index (χ4v) is 2.57. The van der Waals surface area contributed by atoms with E-state index >= 15 is 0 Å². The van der Waals surface area contributed by atoms with E-state index in [9.17, 15) is 4.79 Å². The van der Waals surface area contributed by atoms with Crippen LogP contribution in [0.3, 0.4) is 0 Å². The Labute approximate surface area is 118 Å². The maximum atomic E-state index is 12.5. The summed E-state index contributed by atoms with van der Waals surface area (Å²) >= 11 is 0. The van der Waals surface area contributed by atoms with Crippen molar-refractivity contribution in [2.75, 3.05) is 0 Å². The third-order valence-electron chi connectivity index (χ3n) is 4.01. The normalized spacial score (nSPS) is 14.8. The fraction of sp³-hybridized carbons (Fsp3) is 0.294. The highest BCUT2D eigenvalue weighted by Crippen LogP contribution is 2.36. The molecule has 1 aliphatic rings. The van der Waals surface area contributed by atoms with Gasteiger partial charge in [-0.2, -0.15) is 0 Å². The molecule has 3 nitrogen and oxygen atoms in total. The van der Waals surface area contributed by atoms with Gasteiger partial charge in [-0.05, 0) is 42.5 Å². The Kier molecular flexibility index (Phi) is 3.61. The zero-order valence-electron chi connectivity index (χ0n) is 11.4. The van der Waals surface area contributed by atoms with Crippen LogP contribution in [0.15, 0.2) is 42.6 Å². The van der Waals surface area contributed by atoms with E-state index in [4.69, 9.17) is 5.73 Å². The molecule has 0 saturated heterocycles. The number of nitrogens with two attached hydrogens (primary N) is 1. The fourth-order valence-electron chi connectivity index (χ4n) is 2.57. The number of ketones is 1. The van der Waals surface area contributed by atoms with Crippen molar-refractivity contribution in [3.05, 3.63) is 65.0 Å². The van der Waals surface area contributed by atoms with Crippen LogP contribution in [0.25, 0.3) is 0 Å². The molecule has 1 saturated carbocycles. The van der Waals surface area contributed by atoms with Crippen LogP contribution >= 0.6 is 0 Å². The van der Waals surface area contributed by atoms with E-state index in [0.29, 0.717) is 18.0 Å². The number of aromatic nitrogens is 1. The zero-order valence-corrected chi connectivity index (χ0v) is 11.4. The molecule has 2 aromatic rings. The molecule has 3 heteroatoms. The summed E-state index contributed by atoms with van der Waals surface area (Å²) in [6.45, 7) is 0.350. The van der Waals surface area contributed by atoms with Crippen LogP contribution < -0.4 is 5.73 Å². The lowest BCUT2D eigenvalue weighted by Crippen LogP contribution is -2.10. The third-order valence-corrected chi connectivity index (χ3v) is 4.01. The number of hydrogen-bond donors (Lipinski definition) is 1. The van der Waals surface area contributed by atoms with E-state index in [1.54, 1.807) is 18.3 Å². The number of pyridine rings is 1. The quantitative estimate of drug-likeness (QED) is 0.865. The SMILES string of the molecule is NCc1cc(C(=O)c2cccc(C3CCC3)c2)ccn1. The summed E-state index contributed by atoms with van der Waals surface area (Å²) in [6.07, 6.45) is 5.42. The number of carbonyl (C=O) groups excluding carboxylic acids is 1. The van der Waals surface area contributed by atoms with Crippen LogP contribution in [-0.4, -0.2) is 10.8 Å². The predicted molar refractivity (Wildman–Crippen MR) is 78.6 cm³/mol. The minimum absolute atomic E-state index is 0.0447. The van der Waals surface area contributed by atoms with Gasteiger partial charge in [0.05, 0.1) is 5.69 Å². The van der Waals surface area contributed by atoms with Gasteiger partial charge in [-0.15, -0.1) is 0 Å². The zero-order chi connectivity index (χ0) is 13.9. The summed E-state index contributed by atoms with van der Waals surface area (Å²) in [6, 6.07) is 11.5. The predicted octanol–water partition coefficient (Wildman–Crippen LogP) is 3.04. The number of rotatable bonds is 4. The highest BCUT2D eigenvalue weighted by molar-refractivity contribution is 6.09. The van der Waals surface area contributed by atoms with Gasteiger partial charge in [-0.1, -0.05) is 24.6 Å². The largest absolute Gasteiger partial charge is 0.325 e. The minimum atomic E-state index is 0.0447. The summed E-state index contributed by atoms with van der Waals surface area (Å²) in [4.78, 5) is 16.7. The average Bonchev–Trinajstić information content (AvgIpc) is 2.45. The molecule has 1 aromatic heterocycles. The first-order chi connectivity index (χ1) is 9.78. The summed E-state index contributed by atoms with van der Waals surface area (Å²) < 4.78 is 0. The van der Waals surface area contributed by atoms with Gasteiger partial charge in [0.1, 0.15) is 0 Å². The smallest absolute Gasteiger partial charge is 0.193 e. The molecule has 0 atom stereocenters. The first-order valence-electron chi connectivity index (χ1n) is 7.07. The Balaban J connectivity index is 1.89. The first-order valence-corrected chi connectivity index (χ1v) is 7.07. The van der Waals surface area contributed by atoms with Gasteiger partial charge in [0.2, 0.25) is 0 Å². The maximum absolute atomic E-state index is 12.5. The molecule has 3 rings (SSSR count). The molecule has 0 spiro atoms. The Morgan fingerprint density at radius 3 is 2.70 bits per heavy atom. The van der Waals surface area contributed by atoms with Crippen LogP contribution in [0, 0.1) is 0 Å². The Morgan fingerprint density at radius 1 is 1.20 bits per heavy atom. The Hall–Kier alpha value is -2.00. The summed E-state index contributed by atoms with van der Waals surface area (Å²) in [5, 5.41) is 0. The van der Waals surface area contributed by atoms with Gasteiger partial charge in [0, 0.05) is 23.9 Å². The van der Waals surface area contributed by atoms with Crippen molar-refractivity contribution in [1.82, 2.24) is 4.98 Å². The second kappa shape index (κ2) is 5.55. The van der Waals surface area contributed by atoms with Gasteiger partial charge in [-0.25, -0.2) is 0 Å². The molecule has 1 aromatic carbocycles. The van der Waals surface area contributed by atoms with E-state index in [1.807, 2.05) is 18.2 Å². The van der Waals surface area contributed by atoms with Crippen molar-refractivity contribution in [3.63, 3.8) is 0 Å². The standard InChI is InChI=1S/C17H18N2O/c18-11-16-10-15(7-8-19-16)17(20)14-6-2-5-13(9-14)12-3-1-4-12/h2,5-10,12H,1,3-4,11,18H2. The molecule has 0 unspecified atom stereocenters. The van der Waals surface area contributed by atoms with Gasteiger partial charge >= 0.3 is 0 Å². The molecule has 1 aliphatic carbocycles. The van der Waals surface area contributed by atoms with Gasteiger partial charge < -0.3 is 5.73 Å². The molecule has 0 bridgehead atoms. The van der Waals surface area contributed by atoms with Crippen LogP contribution in [0.5, 0.6) is 0 Å². The lowest BCUT2D eigenvalue weighted by atomic mass is 9.79. The molecule has 0 radical (unpaired) electrons. The van der Waals surface area contributed by atoms with E-state index in [0.717, 1.165) is 11.3 Å². The highest BCUT2D eigenvalue weighted by Gasteiger charge is 2.20. The molecule has 2 N–H and O–H groups in total. The molecule has 1 heterocycles. The minimum Gasteiger partial charge on any atom is -0.325 e. The van der Waals surface area contributed by atoms with Crippen LogP contribution in [0.1, 0.15) is 52.4 Å². The van der Waals surface area contributed by atoms with E-state index in [1.165, 1.54) is 24.8 Å².